The molecular formula is C27H32N2O4S. The van der Waals surface area contributed by atoms with E-state index in [9.17, 15) is 13.2 Å². The van der Waals surface area contributed by atoms with Crippen LogP contribution < -0.4 is 14.4 Å². The van der Waals surface area contributed by atoms with Crippen LogP contribution in [-0.4, -0.2) is 33.0 Å². The fraction of sp³-hybridized carbons (Fsp3) is 0.296. The van der Waals surface area contributed by atoms with Crippen LogP contribution >= 0.6 is 0 Å². The fourth-order valence-electron chi connectivity index (χ4n) is 3.73. The smallest absolute Gasteiger partial charge is 0.264 e. The zero-order chi connectivity index (χ0) is 24.8. The zero-order valence-corrected chi connectivity index (χ0v) is 20.9. The topological polar surface area (TPSA) is 75.7 Å². The van der Waals surface area contributed by atoms with E-state index in [1.807, 2.05) is 58.0 Å². The molecule has 0 fully saturated rings. The van der Waals surface area contributed by atoms with E-state index >= 15 is 0 Å². The predicted molar refractivity (Wildman–Crippen MR) is 136 cm³/mol. The van der Waals surface area contributed by atoms with Crippen molar-refractivity contribution in [2.45, 2.75) is 44.6 Å². The average molecular weight is 481 g/mol. The normalized spacial score (nSPS) is 11.6. The third-order valence-electron chi connectivity index (χ3n) is 5.30. The van der Waals surface area contributed by atoms with Crippen LogP contribution in [0.1, 0.15) is 31.9 Å². The van der Waals surface area contributed by atoms with E-state index in [0.717, 1.165) is 15.4 Å². The summed E-state index contributed by atoms with van der Waals surface area (Å²) in [6.07, 6.45) is 0.618. The summed E-state index contributed by atoms with van der Waals surface area (Å²) in [6.45, 7) is 7.78. The molecule has 3 aromatic carbocycles. The molecular weight excluding hydrogens is 448 g/mol. The number of rotatable bonds is 10. The van der Waals surface area contributed by atoms with E-state index in [1.165, 1.54) is 0 Å². The quantitative estimate of drug-likeness (QED) is 0.455. The number of aryl methyl sites for hydroxylation is 1. The van der Waals surface area contributed by atoms with E-state index in [2.05, 4.69) is 5.32 Å². The maximum Gasteiger partial charge on any atom is 0.264 e. The number of amides is 1. The van der Waals surface area contributed by atoms with Crippen molar-refractivity contribution in [3.63, 3.8) is 0 Å². The largest absolute Gasteiger partial charge is 0.494 e. The molecule has 0 heterocycles. The SMILES string of the molecule is CCOc1ccc(N(CC(=O)NC(C)(C)Cc2ccccc2)S(=O)(=O)c2ccc(C)cc2)cc1. The van der Waals surface area contributed by atoms with Crippen molar-refractivity contribution in [1.29, 1.82) is 0 Å². The molecule has 0 unspecified atom stereocenters. The molecule has 0 atom stereocenters. The summed E-state index contributed by atoms with van der Waals surface area (Å²) in [5.41, 5.74) is 1.87. The van der Waals surface area contributed by atoms with Crippen LogP contribution in [0.15, 0.2) is 83.8 Å². The summed E-state index contributed by atoms with van der Waals surface area (Å²) >= 11 is 0. The number of hydrogen-bond acceptors (Lipinski definition) is 4. The minimum atomic E-state index is -3.97. The summed E-state index contributed by atoms with van der Waals surface area (Å²) in [5, 5.41) is 3.00. The number of carbonyl (C=O) groups is 1. The van der Waals surface area contributed by atoms with Gasteiger partial charge in [0.2, 0.25) is 5.91 Å². The number of anilines is 1. The van der Waals surface area contributed by atoms with Crippen molar-refractivity contribution >= 4 is 21.6 Å². The monoisotopic (exact) mass is 480 g/mol. The van der Waals surface area contributed by atoms with Crippen LogP contribution in [-0.2, 0) is 21.2 Å². The van der Waals surface area contributed by atoms with E-state index < -0.39 is 15.6 Å². The van der Waals surface area contributed by atoms with Gasteiger partial charge in [-0.25, -0.2) is 8.42 Å². The lowest BCUT2D eigenvalue weighted by molar-refractivity contribution is -0.121. The number of benzene rings is 3. The molecule has 0 saturated heterocycles. The Morgan fingerprint density at radius 2 is 1.56 bits per heavy atom. The first-order chi connectivity index (χ1) is 16.1. The van der Waals surface area contributed by atoms with Gasteiger partial charge >= 0.3 is 0 Å². The Labute approximate surface area is 202 Å². The molecule has 3 rings (SSSR count). The molecule has 0 aliphatic carbocycles. The molecule has 0 aromatic heterocycles. The standard InChI is InChI=1S/C27H32N2O4S/c1-5-33-24-15-13-23(14-16-24)29(34(31,32)25-17-11-21(2)12-18-25)20-26(30)28-27(3,4)19-22-9-7-6-8-10-22/h6-18H,5,19-20H2,1-4H3,(H,28,30). The summed E-state index contributed by atoms with van der Waals surface area (Å²) in [5.74, 6) is 0.248. The van der Waals surface area contributed by atoms with Gasteiger partial charge in [-0.3, -0.25) is 9.10 Å². The van der Waals surface area contributed by atoms with Gasteiger partial charge in [0.25, 0.3) is 10.0 Å². The zero-order valence-electron chi connectivity index (χ0n) is 20.1. The maximum absolute atomic E-state index is 13.6. The summed E-state index contributed by atoms with van der Waals surface area (Å²) in [4.78, 5) is 13.2. The van der Waals surface area contributed by atoms with E-state index in [1.54, 1.807) is 48.5 Å². The summed E-state index contributed by atoms with van der Waals surface area (Å²) < 4.78 is 33.7. The molecule has 0 spiro atoms. The van der Waals surface area contributed by atoms with Crippen molar-refractivity contribution in [3.05, 3.63) is 90.0 Å². The van der Waals surface area contributed by atoms with Crippen LogP contribution in [0.5, 0.6) is 5.75 Å². The predicted octanol–water partition coefficient (Wildman–Crippen LogP) is 4.73. The number of hydrogen-bond donors (Lipinski definition) is 1. The molecule has 6 nitrogen and oxygen atoms in total. The van der Waals surface area contributed by atoms with Crippen molar-refractivity contribution in [1.82, 2.24) is 5.32 Å². The Kier molecular flexibility index (Phi) is 7.99. The first-order valence-corrected chi connectivity index (χ1v) is 12.7. The van der Waals surface area contributed by atoms with Crippen LogP contribution in [0.4, 0.5) is 5.69 Å². The third-order valence-corrected chi connectivity index (χ3v) is 7.09. The van der Waals surface area contributed by atoms with Gasteiger partial charge in [0.1, 0.15) is 12.3 Å². The summed E-state index contributed by atoms with van der Waals surface area (Å²) in [7, 11) is -3.97. The highest BCUT2D eigenvalue weighted by Gasteiger charge is 2.29. The molecule has 0 radical (unpaired) electrons. The van der Waals surface area contributed by atoms with Gasteiger partial charge in [-0.15, -0.1) is 0 Å². The Balaban J connectivity index is 1.87. The van der Waals surface area contributed by atoms with Crippen LogP contribution in [0, 0.1) is 6.92 Å². The van der Waals surface area contributed by atoms with Crippen LogP contribution in [0.25, 0.3) is 0 Å². The van der Waals surface area contributed by atoms with E-state index in [-0.39, 0.29) is 17.3 Å². The van der Waals surface area contributed by atoms with Crippen molar-refractivity contribution in [2.75, 3.05) is 17.5 Å². The Hall–Kier alpha value is -3.32. The number of carbonyl (C=O) groups excluding carboxylic acids is 1. The lowest BCUT2D eigenvalue weighted by atomic mass is 9.95. The van der Waals surface area contributed by atoms with Crippen LogP contribution in [0.3, 0.4) is 0 Å². The van der Waals surface area contributed by atoms with Gasteiger partial charge in [0.15, 0.2) is 0 Å². The highest BCUT2D eigenvalue weighted by molar-refractivity contribution is 7.92. The minimum Gasteiger partial charge on any atom is -0.494 e. The summed E-state index contributed by atoms with van der Waals surface area (Å²) in [6, 6.07) is 23.2. The molecule has 1 N–H and O–H groups in total. The average Bonchev–Trinajstić information content (AvgIpc) is 2.78. The van der Waals surface area contributed by atoms with Gasteiger partial charge in [0.05, 0.1) is 17.2 Å². The number of sulfonamides is 1. The van der Waals surface area contributed by atoms with Crippen molar-refractivity contribution in [2.24, 2.45) is 0 Å². The maximum atomic E-state index is 13.6. The molecule has 0 saturated carbocycles. The number of nitrogens with zero attached hydrogens (tertiary/aromatic N) is 1. The molecule has 3 aromatic rings. The lowest BCUT2D eigenvalue weighted by Crippen LogP contribution is -2.50. The Morgan fingerprint density at radius 1 is 0.941 bits per heavy atom. The molecule has 0 bridgehead atoms. The molecule has 0 aliphatic heterocycles. The van der Waals surface area contributed by atoms with Crippen molar-refractivity contribution in [3.8, 4) is 5.75 Å². The van der Waals surface area contributed by atoms with E-state index in [4.69, 9.17) is 4.74 Å². The highest BCUT2D eigenvalue weighted by Crippen LogP contribution is 2.26. The van der Waals surface area contributed by atoms with Crippen LogP contribution in [0.2, 0.25) is 0 Å². The molecule has 34 heavy (non-hydrogen) atoms. The molecule has 7 heteroatoms. The fourth-order valence-corrected chi connectivity index (χ4v) is 5.15. The first kappa shape index (κ1) is 25.3. The molecule has 180 valence electrons. The second kappa shape index (κ2) is 10.7. The van der Waals surface area contributed by atoms with Gasteiger partial charge in [0, 0.05) is 5.54 Å². The lowest BCUT2D eigenvalue weighted by Gasteiger charge is -2.29. The van der Waals surface area contributed by atoms with Gasteiger partial charge in [-0.05, 0) is 76.1 Å². The van der Waals surface area contributed by atoms with Gasteiger partial charge < -0.3 is 10.1 Å². The second-order valence-corrected chi connectivity index (χ2v) is 10.7. The van der Waals surface area contributed by atoms with E-state index in [0.29, 0.717) is 24.5 Å². The number of ether oxygens (including phenoxy) is 1. The van der Waals surface area contributed by atoms with Crippen molar-refractivity contribution < 1.29 is 17.9 Å². The minimum absolute atomic E-state index is 0.128. The molecule has 1 amide bonds. The number of nitrogens with one attached hydrogen (secondary N) is 1. The van der Waals surface area contributed by atoms with Gasteiger partial charge in [-0.1, -0.05) is 48.0 Å². The molecule has 0 aliphatic rings. The second-order valence-electron chi connectivity index (χ2n) is 8.85. The first-order valence-electron chi connectivity index (χ1n) is 11.3. The highest BCUT2D eigenvalue weighted by atomic mass is 32.2. The Bertz CT molecular complexity index is 1190. The van der Waals surface area contributed by atoms with Gasteiger partial charge in [-0.2, -0.15) is 0 Å². The third kappa shape index (κ3) is 6.60. The Morgan fingerprint density at radius 3 is 2.15 bits per heavy atom.